The van der Waals surface area contributed by atoms with E-state index in [2.05, 4.69) is 6.92 Å². The molecule has 0 amide bonds. The van der Waals surface area contributed by atoms with Gasteiger partial charge in [-0.1, -0.05) is 26.7 Å². The van der Waals surface area contributed by atoms with Gasteiger partial charge in [0.1, 0.15) is 0 Å². The van der Waals surface area contributed by atoms with Crippen molar-refractivity contribution in [2.75, 3.05) is 13.2 Å². The van der Waals surface area contributed by atoms with Gasteiger partial charge >= 0.3 is 7.60 Å². The lowest BCUT2D eigenvalue weighted by Crippen LogP contribution is -2.17. The molecule has 0 saturated heterocycles. The molecule has 5 heteroatoms. The van der Waals surface area contributed by atoms with Gasteiger partial charge in [0.15, 0.2) is 0 Å². The fourth-order valence-corrected chi connectivity index (χ4v) is 3.45. The second kappa shape index (κ2) is 8.84. The zero-order chi connectivity index (χ0) is 13.3. The number of rotatable bonds is 10. The highest BCUT2D eigenvalue weighted by Crippen LogP contribution is 2.52. The van der Waals surface area contributed by atoms with Gasteiger partial charge in [0, 0.05) is 5.92 Å². The SMILES string of the molecule is CCCCC(CC)C(=O)P(=O)(OCC)OCC. The Morgan fingerprint density at radius 2 is 1.65 bits per heavy atom. The lowest BCUT2D eigenvalue weighted by Gasteiger charge is -2.20. The quantitative estimate of drug-likeness (QED) is 0.560. The van der Waals surface area contributed by atoms with Gasteiger partial charge in [-0.3, -0.25) is 9.36 Å². The average Bonchev–Trinajstić information content (AvgIpc) is 2.30. The number of carbonyl (C=O) groups is 1. The van der Waals surface area contributed by atoms with E-state index in [9.17, 15) is 9.36 Å². The van der Waals surface area contributed by atoms with Crippen LogP contribution in [0.4, 0.5) is 0 Å². The summed E-state index contributed by atoms with van der Waals surface area (Å²) < 4.78 is 22.4. The van der Waals surface area contributed by atoms with Gasteiger partial charge < -0.3 is 9.05 Å². The molecular weight excluding hydrogens is 239 g/mol. The molecule has 0 rings (SSSR count). The van der Waals surface area contributed by atoms with Gasteiger partial charge in [0.05, 0.1) is 13.2 Å². The van der Waals surface area contributed by atoms with E-state index in [4.69, 9.17) is 9.05 Å². The first-order valence-corrected chi connectivity index (χ1v) is 8.03. The molecule has 0 aromatic heterocycles. The molecule has 0 aliphatic rings. The number of hydrogen-bond acceptors (Lipinski definition) is 4. The van der Waals surface area contributed by atoms with E-state index in [0.717, 1.165) is 19.3 Å². The molecule has 0 radical (unpaired) electrons. The molecule has 0 saturated carbocycles. The minimum absolute atomic E-state index is 0.209. The Hall–Kier alpha value is -0.180. The third-order valence-corrected chi connectivity index (χ3v) is 4.72. The van der Waals surface area contributed by atoms with Crippen LogP contribution in [0.1, 0.15) is 53.4 Å². The molecule has 1 unspecified atom stereocenters. The van der Waals surface area contributed by atoms with E-state index in [0.29, 0.717) is 6.42 Å². The molecule has 4 nitrogen and oxygen atoms in total. The van der Waals surface area contributed by atoms with Gasteiger partial charge in [0.2, 0.25) is 5.52 Å². The zero-order valence-electron chi connectivity index (χ0n) is 11.4. The highest BCUT2D eigenvalue weighted by atomic mass is 31.2. The van der Waals surface area contributed by atoms with Crippen molar-refractivity contribution in [1.82, 2.24) is 0 Å². The van der Waals surface area contributed by atoms with Crippen LogP contribution in [-0.4, -0.2) is 18.7 Å². The summed E-state index contributed by atoms with van der Waals surface area (Å²) in [6.07, 6.45) is 3.43. The van der Waals surface area contributed by atoms with Crippen molar-refractivity contribution in [3.8, 4) is 0 Å². The van der Waals surface area contributed by atoms with E-state index in [1.807, 2.05) is 6.92 Å². The Labute approximate surface area is 105 Å². The van der Waals surface area contributed by atoms with E-state index in [1.165, 1.54) is 0 Å². The maximum Gasteiger partial charge on any atom is 0.396 e. The second-order valence-corrected chi connectivity index (χ2v) is 5.87. The molecule has 1 atom stereocenters. The summed E-state index contributed by atoms with van der Waals surface area (Å²) >= 11 is 0. The predicted molar refractivity (Wildman–Crippen MR) is 69.2 cm³/mol. The molecule has 102 valence electrons. The van der Waals surface area contributed by atoms with E-state index in [1.54, 1.807) is 13.8 Å². The van der Waals surface area contributed by atoms with Gasteiger partial charge in [-0.15, -0.1) is 0 Å². The summed E-state index contributed by atoms with van der Waals surface area (Å²) in [7, 11) is -3.56. The van der Waals surface area contributed by atoms with Gasteiger partial charge in [-0.2, -0.15) is 0 Å². The number of carbonyl (C=O) groups excluding carboxylic acids is 1. The molecule has 0 aliphatic heterocycles. The van der Waals surface area contributed by atoms with Crippen LogP contribution in [0, 0.1) is 5.92 Å². The molecule has 0 heterocycles. The monoisotopic (exact) mass is 264 g/mol. The van der Waals surface area contributed by atoms with Crippen LogP contribution in [0.3, 0.4) is 0 Å². The Balaban J connectivity index is 4.72. The molecular formula is C12H25O4P. The van der Waals surface area contributed by atoms with Crippen LogP contribution in [0.15, 0.2) is 0 Å². The summed E-state index contributed by atoms with van der Waals surface area (Å²) in [5.41, 5.74) is -0.350. The van der Waals surface area contributed by atoms with Crippen molar-refractivity contribution in [2.45, 2.75) is 53.4 Å². The van der Waals surface area contributed by atoms with Crippen LogP contribution in [0.25, 0.3) is 0 Å². The normalized spacial score (nSPS) is 13.6. The summed E-state index contributed by atoms with van der Waals surface area (Å²) in [6.45, 7) is 7.89. The molecule has 0 aromatic rings. The molecule has 0 aliphatic carbocycles. The third-order valence-electron chi connectivity index (χ3n) is 2.62. The predicted octanol–water partition coefficient (Wildman–Crippen LogP) is 4.00. The first-order valence-electron chi connectivity index (χ1n) is 6.49. The van der Waals surface area contributed by atoms with Gasteiger partial charge in [0.25, 0.3) is 0 Å². The topological polar surface area (TPSA) is 52.6 Å². The number of unbranched alkanes of at least 4 members (excludes halogenated alkanes) is 1. The lowest BCUT2D eigenvalue weighted by molar-refractivity contribution is -0.117. The average molecular weight is 264 g/mol. The second-order valence-electron chi connectivity index (χ2n) is 3.92. The van der Waals surface area contributed by atoms with E-state index in [-0.39, 0.29) is 24.7 Å². The molecule has 0 fully saturated rings. The molecule has 0 spiro atoms. The molecule has 0 aromatic carbocycles. The van der Waals surface area contributed by atoms with Crippen molar-refractivity contribution in [3.05, 3.63) is 0 Å². The van der Waals surface area contributed by atoms with Crippen LogP contribution in [0.5, 0.6) is 0 Å². The van der Waals surface area contributed by atoms with Crippen molar-refractivity contribution in [2.24, 2.45) is 5.92 Å². The first-order chi connectivity index (χ1) is 8.05. The highest BCUT2D eigenvalue weighted by Gasteiger charge is 2.38. The fraction of sp³-hybridized carbons (Fsp3) is 0.917. The minimum atomic E-state index is -3.56. The molecule has 0 bridgehead atoms. The number of hydrogen-bond donors (Lipinski definition) is 0. The van der Waals surface area contributed by atoms with Crippen LogP contribution >= 0.6 is 7.60 Å². The van der Waals surface area contributed by atoms with Crippen LogP contribution in [0.2, 0.25) is 0 Å². The Kier molecular flexibility index (Phi) is 8.75. The van der Waals surface area contributed by atoms with Crippen molar-refractivity contribution < 1.29 is 18.4 Å². The first kappa shape index (κ1) is 16.8. The van der Waals surface area contributed by atoms with E-state index < -0.39 is 7.60 Å². The summed E-state index contributed by atoms with van der Waals surface area (Å²) in [4.78, 5) is 12.2. The Morgan fingerprint density at radius 1 is 1.12 bits per heavy atom. The summed E-state index contributed by atoms with van der Waals surface area (Å²) in [5, 5.41) is 0. The largest absolute Gasteiger partial charge is 0.396 e. The smallest absolute Gasteiger partial charge is 0.303 e. The maximum absolute atomic E-state index is 12.3. The zero-order valence-corrected chi connectivity index (χ0v) is 12.3. The summed E-state index contributed by atoms with van der Waals surface area (Å²) in [6, 6.07) is 0. The minimum Gasteiger partial charge on any atom is -0.303 e. The highest BCUT2D eigenvalue weighted by molar-refractivity contribution is 7.71. The third kappa shape index (κ3) is 5.33. The van der Waals surface area contributed by atoms with Crippen LogP contribution < -0.4 is 0 Å². The fourth-order valence-electron chi connectivity index (χ4n) is 1.68. The van der Waals surface area contributed by atoms with E-state index >= 15 is 0 Å². The standard InChI is InChI=1S/C12H25O4P/c1-5-9-10-11(6-2)12(13)17(14,15-7-3)16-8-4/h11H,5-10H2,1-4H3. The Morgan fingerprint density at radius 3 is 2.00 bits per heavy atom. The van der Waals surface area contributed by atoms with Crippen molar-refractivity contribution >= 4 is 13.1 Å². The summed E-state index contributed by atoms with van der Waals surface area (Å²) in [5.74, 6) is -0.209. The van der Waals surface area contributed by atoms with Gasteiger partial charge in [-0.05, 0) is 26.7 Å². The van der Waals surface area contributed by atoms with Crippen molar-refractivity contribution in [3.63, 3.8) is 0 Å². The maximum atomic E-state index is 12.3. The van der Waals surface area contributed by atoms with Gasteiger partial charge in [-0.25, -0.2) is 0 Å². The van der Waals surface area contributed by atoms with Crippen LogP contribution in [-0.2, 0) is 18.4 Å². The Bertz CT molecular complexity index is 255. The molecule has 0 N–H and O–H groups in total. The molecule has 17 heavy (non-hydrogen) atoms. The van der Waals surface area contributed by atoms with Crippen molar-refractivity contribution in [1.29, 1.82) is 0 Å². The lowest BCUT2D eigenvalue weighted by atomic mass is 10.0.